The second-order valence-electron chi connectivity index (χ2n) is 4.03. The zero-order valence-corrected chi connectivity index (χ0v) is 10.8. The molecule has 1 aromatic rings. The second kappa shape index (κ2) is 4.77. The Morgan fingerprint density at radius 2 is 2.43 bits per heavy atom. The highest BCUT2D eigenvalue weighted by atomic mass is 79.9. The number of thiophene rings is 1. The summed E-state index contributed by atoms with van der Waals surface area (Å²) in [7, 11) is 2.06. The van der Waals surface area contributed by atoms with Crippen molar-refractivity contribution in [3.05, 3.63) is 20.8 Å². The first-order valence-corrected chi connectivity index (χ1v) is 6.88. The SMILES string of the molecule is CNC(CCC1CC1)c1cc(Br)cs1. The normalized spacial score (nSPS) is 18.4. The number of nitrogens with one attached hydrogen (secondary N) is 1. The van der Waals surface area contributed by atoms with Crippen LogP contribution in [-0.2, 0) is 0 Å². The van der Waals surface area contributed by atoms with E-state index in [2.05, 4.69) is 39.7 Å². The Hall–Kier alpha value is 0.140. The molecule has 0 amide bonds. The van der Waals surface area contributed by atoms with Gasteiger partial charge in [-0.3, -0.25) is 0 Å². The zero-order valence-electron chi connectivity index (χ0n) is 8.42. The second-order valence-corrected chi connectivity index (χ2v) is 5.89. The van der Waals surface area contributed by atoms with Crippen molar-refractivity contribution in [3.63, 3.8) is 0 Å². The van der Waals surface area contributed by atoms with Crippen molar-refractivity contribution in [2.24, 2.45) is 5.92 Å². The lowest BCUT2D eigenvalue weighted by Crippen LogP contribution is -2.15. The van der Waals surface area contributed by atoms with E-state index in [-0.39, 0.29) is 0 Å². The molecule has 1 heterocycles. The van der Waals surface area contributed by atoms with Gasteiger partial charge in [-0.25, -0.2) is 0 Å². The van der Waals surface area contributed by atoms with Crippen molar-refractivity contribution in [1.82, 2.24) is 5.32 Å². The molecule has 1 aliphatic rings. The van der Waals surface area contributed by atoms with Gasteiger partial charge in [0.2, 0.25) is 0 Å². The van der Waals surface area contributed by atoms with Crippen LogP contribution < -0.4 is 5.32 Å². The van der Waals surface area contributed by atoms with Crippen LogP contribution in [0.2, 0.25) is 0 Å². The topological polar surface area (TPSA) is 12.0 Å². The van der Waals surface area contributed by atoms with Crippen LogP contribution in [0.5, 0.6) is 0 Å². The van der Waals surface area contributed by atoms with Gasteiger partial charge in [-0.1, -0.05) is 12.8 Å². The molecule has 1 aliphatic carbocycles. The Morgan fingerprint density at radius 1 is 1.64 bits per heavy atom. The van der Waals surface area contributed by atoms with Crippen molar-refractivity contribution in [3.8, 4) is 0 Å². The van der Waals surface area contributed by atoms with E-state index in [0.29, 0.717) is 6.04 Å². The Kier molecular flexibility index (Phi) is 3.63. The van der Waals surface area contributed by atoms with E-state index in [1.165, 1.54) is 35.0 Å². The van der Waals surface area contributed by atoms with Crippen molar-refractivity contribution in [2.75, 3.05) is 7.05 Å². The molecular weight excluding hydrogens is 258 g/mol. The van der Waals surface area contributed by atoms with Crippen LogP contribution in [-0.4, -0.2) is 7.05 Å². The lowest BCUT2D eigenvalue weighted by molar-refractivity contribution is 0.513. The fourth-order valence-electron chi connectivity index (χ4n) is 1.75. The summed E-state index contributed by atoms with van der Waals surface area (Å²) in [5.41, 5.74) is 0. The summed E-state index contributed by atoms with van der Waals surface area (Å²) in [5.74, 6) is 1.04. The Morgan fingerprint density at radius 3 is 2.93 bits per heavy atom. The van der Waals surface area contributed by atoms with Crippen molar-refractivity contribution < 1.29 is 0 Å². The highest BCUT2D eigenvalue weighted by molar-refractivity contribution is 9.10. The number of hydrogen-bond acceptors (Lipinski definition) is 2. The molecule has 0 aromatic carbocycles. The molecule has 2 rings (SSSR count). The van der Waals surface area contributed by atoms with E-state index in [1.807, 2.05) is 11.3 Å². The minimum Gasteiger partial charge on any atom is -0.312 e. The van der Waals surface area contributed by atoms with Gasteiger partial charge in [0.1, 0.15) is 0 Å². The van der Waals surface area contributed by atoms with Crippen molar-refractivity contribution in [1.29, 1.82) is 0 Å². The number of hydrogen-bond donors (Lipinski definition) is 1. The van der Waals surface area contributed by atoms with E-state index in [4.69, 9.17) is 0 Å². The van der Waals surface area contributed by atoms with Gasteiger partial charge in [-0.05, 0) is 47.8 Å². The monoisotopic (exact) mass is 273 g/mol. The fraction of sp³-hybridized carbons (Fsp3) is 0.636. The molecule has 1 nitrogen and oxygen atoms in total. The van der Waals surface area contributed by atoms with E-state index < -0.39 is 0 Å². The number of rotatable bonds is 5. The lowest BCUT2D eigenvalue weighted by atomic mass is 10.1. The van der Waals surface area contributed by atoms with Crippen molar-refractivity contribution >= 4 is 27.3 Å². The molecule has 1 unspecified atom stereocenters. The fourth-order valence-corrected chi connectivity index (χ4v) is 3.34. The first-order chi connectivity index (χ1) is 6.79. The summed E-state index contributed by atoms with van der Waals surface area (Å²) in [6, 6.07) is 2.80. The van der Waals surface area contributed by atoms with Crippen LogP contribution in [0.3, 0.4) is 0 Å². The molecule has 3 heteroatoms. The molecule has 1 fully saturated rings. The minimum atomic E-state index is 0.562. The van der Waals surface area contributed by atoms with E-state index in [1.54, 1.807) is 0 Å². The van der Waals surface area contributed by atoms with E-state index in [9.17, 15) is 0 Å². The number of halogens is 1. The van der Waals surface area contributed by atoms with Crippen LogP contribution in [0.15, 0.2) is 15.9 Å². The Balaban J connectivity index is 1.90. The zero-order chi connectivity index (χ0) is 9.97. The van der Waals surface area contributed by atoms with Gasteiger partial charge in [0.15, 0.2) is 0 Å². The molecule has 78 valence electrons. The smallest absolute Gasteiger partial charge is 0.0412 e. The molecule has 14 heavy (non-hydrogen) atoms. The van der Waals surface area contributed by atoms with E-state index in [0.717, 1.165) is 5.92 Å². The molecule has 0 aliphatic heterocycles. The largest absolute Gasteiger partial charge is 0.312 e. The Labute approximate surface area is 98.0 Å². The quantitative estimate of drug-likeness (QED) is 0.857. The first-order valence-electron chi connectivity index (χ1n) is 5.21. The third-order valence-corrected chi connectivity index (χ3v) is 4.65. The molecule has 0 bridgehead atoms. The summed E-state index contributed by atoms with van der Waals surface area (Å²) >= 11 is 5.35. The van der Waals surface area contributed by atoms with Crippen LogP contribution in [0.25, 0.3) is 0 Å². The predicted octanol–water partition coefficient (Wildman–Crippen LogP) is 3.96. The maximum atomic E-state index is 3.50. The summed E-state index contributed by atoms with van der Waals surface area (Å²) in [4.78, 5) is 1.46. The van der Waals surface area contributed by atoms with E-state index >= 15 is 0 Å². The molecule has 1 aromatic heterocycles. The third-order valence-electron chi connectivity index (χ3n) is 2.84. The molecule has 1 saturated carbocycles. The average Bonchev–Trinajstić information content (AvgIpc) is 2.90. The predicted molar refractivity (Wildman–Crippen MR) is 65.8 cm³/mol. The maximum Gasteiger partial charge on any atom is 0.0412 e. The average molecular weight is 274 g/mol. The van der Waals surface area contributed by atoms with Gasteiger partial charge in [-0.15, -0.1) is 11.3 Å². The maximum absolute atomic E-state index is 3.50. The minimum absolute atomic E-state index is 0.562. The summed E-state index contributed by atoms with van der Waals surface area (Å²) < 4.78 is 1.21. The third kappa shape index (κ3) is 2.81. The first kappa shape index (κ1) is 10.7. The molecule has 0 spiro atoms. The molecule has 0 radical (unpaired) electrons. The van der Waals surface area contributed by atoms with Gasteiger partial charge in [0.25, 0.3) is 0 Å². The van der Waals surface area contributed by atoms with Gasteiger partial charge < -0.3 is 5.32 Å². The van der Waals surface area contributed by atoms with Gasteiger partial charge in [0.05, 0.1) is 0 Å². The molecular formula is C11H16BrNS. The Bertz CT molecular complexity index is 293. The van der Waals surface area contributed by atoms with Crippen LogP contribution in [0, 0.1) is 5.92 Å². The standard InChI is InChI=1S/C11H16BrNS/c1-13-10(5-4-8-2-3-8)11-6-9(12)7-14-11/h6-8,10,13H,2-5H2,1H3. The van der Waals surface area contributed by atoms with Crippen LogP contribution in [0.1, 0.15) is 36.6 Å². The summed E-state index contributed by atoms with van der Waals surface area (Å²) in [5, 5.41) is 5.57. The van der Waals surface area contributed by atoms with Crippen molar-refractivity contribution in [2.45, 2.75) is 31.7 Å². The van der Waals surface area contributed by atoms with Gasteiger partial charge >= 0.3 is 0 Å². The lowest BCUT2D eigenvalue weighted by Gasteiger charge is -2.13. The molecule has 0 saturated heterocycles. The summed E-state index contributed by atoms with van der Waals surface area (Å²) in [6.45, 7) is 0. The highest BCUT2D eigenvalue weighted by Gasteiger charge is 2.22. The van der Waals surface area contributed by atoms with Crippen LogP contribution in [0.4, 0.5) is 0 Å². The van der Waals surface area contributed by atoms with Crippen LogP contribution >= 0.6 is 27.3 Å². The van der Waals surface area contributed by atoms with Gasteiger partial charge in [0, 0.05) is 20.8 Å². The molecule has 1 atom stereocenters. The van der Waals surface area contributed by atoms with Gasteiger partial charge in [-0.2, -0.15) is 0 Å². The highest BCUT2D eigenvalue weighted by Crippen LogP contribution is 2.37. The summed E-state index contributed by atoms with van der Waals surface area (Å²) in [6.07, 6.45) is 5.60. The molecule has 1 N–H and O–H groups in total.